The maximum absolute atomic E-state index is 12.9. The number of amides is 2. The topological polar surface area (TPSA) is 37.3 Å². The third-order valence-corrected chi connectivity index (χ3v) is 5.26. The minimum Gasteiger partial charge on any atom is -0.345 e. The highest BCUT2D eigenvalue weighted by molar-refractivity contribution is 6.31. The molecule has 0 bridgehead atoms. The Morgan fingerprint density at radius 3 is 2.79 bits per heavy atom. The van der Waals surface area contributed by atoms with Crippen LogP contribution in [0.25, 0.3) is 0 Å². The molecule has 0 saturated heterocycles. The lowest BCUT2D eigenvalue weighted by molar-refractivity contribution is 0.162. The predicted molar refractivity (Wildman–Crippen MR) is 98.7 cm³/mol. The van der Waals surface area contributed by atoms with Crippen LogP contribution >= 0.6 is 11.6 Å². The summed E-state index contributed by atoms with van der Waals surface area (Å²) >= 11 is 6.16. The Kier molecular flexibility index (Phi) is 4.86. The van der Waals surface area contributed by atoms with E-state index in [4.69, 9.17) is 11.6 Å². The molecular weight excluding hydrogens is 322 g/mol. The van der Waals surface area contributed by atoms with Crippen LogP contribution in [-0.4, -0.2) is 22.0 Å². The van der Waals surface area contributed by atoms with Gasteiger partial charge >= 0.3 is 6.03 Å². The minimum absolute atomic E-state index is 0.0519. The van der Waals surface area contributed by atoms with Gasteiger partial charge in [-0.3, -0.25) is 0 Å². The van der Waals surface area contributed by atoms with E-state index in [0.717, 1.165) is 37.2 Å². The molecule has 3 rings (SSSR count). The highest BCUT2D eigenvalue weighted by Crippen LogP contribution is 2.32. The predicted octanol–water partition coefficient (Wildman–Crippen LogP) is 5.15. The van der Waals surface area contributed by atoms with Crippen molar-refractivity contribution in [1.29, 1.82) is 0 Å². The molecule has 0 aliphatic carbocycles. The molecule has 4 nitrogen and oxygen atoms in total. The molecule has 0 fully saturated rings. The van der Waals surface area contributed by atoms with Crippen LogP contribution in [0.15, 0.2) is 30.3 Å². The molecule has 128 valence electrons. The molecule has 2 heterocycles. The molecule has 1 aromatic heterocycles. The second-order valence-corrected chi connectivity index (χ2v) is 6.80. The van der Waals surface area contributed by atoms with Crippen LogP contribution in [0.2, 0.25) is 5.02 Å². The second-order valence-electron chi connectivity index (χ2n) is 6.39. The van der Waals surface area contributed by atoms with Crippen LogP contribution in [0.4, 0.5) is 10.5 Å². The second kappa shape index (κ2) is 6.89. The number of rotatable bonds is 3. The SMILES string of the molecule is CCC[C@@H]1c2ccc(C)n2CCN1C(=O)Nc1cccc(Cl)c1C. The highest BCUT2D eigenvalue weighted by Gasteiger charge is 2.31. The molecule has 2 amide bonds. The first-order chi connectivity index (χ1) is 11.5. The number of aryl methyl sites for hydroxylation is 1. The van der Waals surface area contributed by atoms with Crippen molar-refractivity contribution in [3.63, 3.8) is 0 Å². The average Bonchev–Trinajstić information content (AvgIpc) is 2.94. The number of nitrogens with zero attached hydrogens (tertiary/aromatic N) is 2. The summed E-state index contributed by atoms with van der Waals surface area (Å²) in [5.41, 5.74) is 4.17. The number of anilines is 1. The van der Waals surface area contributed by atoms with Crippen molar-refractivity contribution < 1.29 is 4.79 Å². The van der Waals surface area contributed by atoms with Gasteiger partial charge in [0.15, 0.2) is 0 Å². The zero-order valence-corrected chi connectivity index (χ0v) is 15.2. The van der Waals surface area contributed by atoms with Crippen molar-refractivity contribution in [2.45, 2.75) is 46.2 Å². The first-order valence-electron chi connectivity index (χ1n) is 8.51. The maximum atomic E-state index is 12.9. The van der Waals surface area contributed by atoms with Crippen molar-refractivity contribution >= 4 is 23.3 Å². The first-order valence-corrected chi connectivity index (χ1v) is 8.89. The third-order valence-electron chi connectivity index (χ3n) is 4.85. The van der Waals surface area contributed by atoms with Crippen LogP contribution in [-0.2, 0) is 6.54 Å². The summed E-state index contributed by atoms with van der Waals surface area (Å²) in [6.45, 7) is 7.77. The van der Waals surface area contributed by atoms with Crippen molar-refractivity contribution in [1.82, 2.24) is 9.47 Å². The van der Waals surface area contributed by atoms with Gasteiger partial charge in [0.25, 0.3) is 0 Å². The molecule has 2 aromatic rings. The molecule has 5 heteroatoms. The molecular formula is C19H24ClN3O. The number of hydrogen-bond donors (Lipinski definition) is 1. The Morgan fingerprint density at radius 2 is 2.04 bits per heavy atom. The van der Waals surface area contributed by atoms with E-state index in [-0.39, 0.29) is 12.1 Å². The number of urea groups is 1. The van der Waals surface area contributed by atoms with Crippen molar-refractivity contribution in [2.75, 3.05) is 11.9 Å². The van der Waals surface area contributed by atoms with Crippen LogP contribution in [0.5, 0.6) is 0 Å². The van der Waals surface area contributed by atoms with E-state index in [0.29, 0.717) is 5.02 Å². The standard InChI is InChI=1S/C19H24ClN3O/c1-4-6-17-18-10-9-13(2)22(18)11-12-23(17)19(24)21-16-8-5-7-15(20)14(16)3/h5,7-10,17H,4,6,11-12H2,1-3H3,(H,21,24)/t17-/m1/s1. The van der Waals surface area contributed by atoms with E-state index in [1.165, 1.54) is 11.4 Å². The van der Waals surface area contributed by atoms with Gasteiger partial charge in [0.1, 0.15) is 0 Å². The summed E-state index contributed by atoms with van der Waals surface area (Å²) in [6.07, 6.45) is 2.00. The summed E-state index contributed by atoms with van der Waals surface area (Å²) in [7, 11) is 0. The number of nitrogens with one attached hydrogen (secondary N) is 1. The van der Waals surface area contributed by atoms with Crippen molar-refractivity contribution in [3.8, 4) is 0 Å². The lowest BCUT2D eigenvalue weighted by Gasteiger charge is -2.37. The van der Waals surface area contributed by atoms with Gasteiger partial charge in [-0.2, -0.15) is 0 Å². The fraction of sp³-hybridized carbons (Fsp3) is 0.421. The molecule has 0 radical (unpaired) electrons. The molecule has 1 aliphatic heterocycles. The largest absolute Gasteiger partial charge is 0.345 e. The molecule has 24 heavy (non-hydrogen) atoms. The van der Waals surface area contributed by atoms with E-state index in [1.807, 2.05) is 30.0 Å². The van der Waals surface area contributed by atoms with Crippen LogP contribution in [0, 0.1) is 13.8 Å². The zero-order chi connectivity index (χ0) is 17.3. The van der Waals surface area contributed by atoms with Gasteiger partial charge in [-0.1, -0.05) is 31.0 Å². The minimum atomic E-state index is -0.0519. The Hall–Kier alpha value is -1.94. The van der Waals surface area contributed by atoms with Crippen molar-refractivity contribution in [3.05, 3.63) is 52.3 Å². The molecule has 0 unspecified atom stereocenters. The Balaban J connectivity index is 1.85. The quantitative estimate of drug-likeness (QED) is 0.820. The van der Waals surface area contributed by atoms with E-state index >= 15 is 0 Å². The van der Waals surface area contributed by atoms with Crippen molar-refractivity contribution in [2.24, 2.45) is 0 Å². The summed E-state index contributed by atoms with van der Waals surface area (Å²) in [6, 6.07) is 9.95. The fourth-order valence-corrected chi connectivity index (χ4v) is 3.63. The van der Waals surface area contributed by atoms with Crippen LogP contribution in [0.1, 0.15) is 42.8 Å². The fourth-order valence-electron chi connectivity index (χ4n) is 3.46. The Labute approximate surface area is 148 Å². The van der Waals surface area contributed by atoms with Gasteiger partial charge in [0.2, 0.25) is 0 Å². The molecule has 1 aliphatic rings. The van der Waals surface area contributed by atoms with E-state index in [9.17, 15) is 4.79 Å². The van der Waals surface area contributed by atoms with Gasteiger partial charge in [-0.05, 0) is 50.1 Å². The van der Waals surface area contributed by atoms with E-state index in [1.54, 1.807) is 0 Å². The summed E-state index contributed by atoms with van der Waals surface area (Å²) in [5, 5.41) is 3.71. The number of benzene rings is 1. The number of aromatic nitrogens is 1. The van der Waals surface area contributed by atoms with Crippen LogP contribution < -0.4 is 5.32 Å². The first kappa shape index (κ1) is 16.9. The lowest BCUT2D eigenvalue weighted by Crippen LogP contribution is -2.44. The highest BCUT2D eigenvalue weighted by atomic mass is 35.5. The van der Waals surface area contributed by atoms with Gasteiger partial charge in [0.05, 0.1) is 6.04 Å². The van der Waals surface area contributed by atoms with Gasteiger partial charge in [0, 0.05) is 35.2 Å². The zero-order valence-electron chi connectivity index (χ0n) is 14.5. The normalized spacial score (nSPS) is 16.8. The number of fused-ring (bicyclic) bond motifs is 1. The lowest BCUT2D eigenvalue weighted by atomic mass is 10.0. The molecule has 1 atom stereocenters. The third kappa shape index (κ3) is 3.03. The number of carbonyl (C=O) groups is 1. The summed E-state index contributed by atoms with van der Waals surface area (Å²) in [5.74, 6) is 0. The maximum Gasteiger partial charge on any atom is 0.322 e. The van der Waals surface area contributed by atoms with E-state index in [2.05, 4.69) is 35.9 Å². The Morgan fingerprint density at radius 1 is 1.25 bits per heavy atom. The monoisotopic (exact) mass is 345 g/mol. The molecule has 1 N–H and O–H groups in total. The number of halogens is 1. The molecule has 1 aromatic carbocycles. The van der Waals surface area contributed by atoms with Gasteiger partial charge in [-0.25, -0.2) is 4.79 Å². The molecule has 0 saturated carbocycles. The summed E-state index contributed by atoms with van der Waals surface area (Å²) < 4.78 is 2.33. The number of hydrogen-bond acceptors (Lipinski definition) is 1. The van der Waals surface area contributed by atoms with Gasteiger partial charge in [-0.15, -0.1) is 0 Å². The average molecular weight is 346 g/mol. The van der Waals surface area contributed by atoms with Crippen LogP contribution in [0.3, 0.4) is 0 Å². The Bertz CT molecular complexity index is 753. The van der Waals surface area contributed by atoms with E-state index < -0.39 is 0 Å². The summed E-state index contributed by atoms with van der Waals surface area (Å²) in [4.78, 5) is 14.9. The smallest absolute Gasteiger partial charge is 0.322 e. The molecule has 0 spiro atoms. The number of carbonyl (C=O) groups excluding carboxylic acids is 1. The van der Waals surface area contributed by atoms with Gasteiger partial charge < -0.3 is 14.8 Å².